The third-order valence-corrected chi connectivity index (χ3v) is 4.66. The lowest BCUT2D eigenvalue weighted by atomic mass is 10.1. The number of nitrogen functional groups attached to an aromatic ring is 1. The zero-order valence-corrected chi connectivity index (χ0v) is 13.8. The molecular weight excluding hydrogens is 316 g/mol. The molecule has 1 aromatic carbocycles. The molecule has 0 aliphatic carbocycles. The standard InChI is InChI=1S/C15H19BrN4/c1-5-12-10(4)14(20-17)19-15(18-12)11-6-8(2)13(16)9(3)7-11/h6-7H,5,17H2,1-4H3,(H,18,19,20). The summed E-state index contributed by atoms with van der Waals surface area (Å²) in [7, 11) is 0. The first-order valence-electron chi connectivity index (χ1n) is 6.59. The summed E-state index contributed by atoms with van der Waals surface area (Å²) in [5.74, 6) is 6.95. The molecule has 3 N–H and O–H groups in total. The molecule has 0 radical (unpaired) electrons. The Morgan fingerprint density at radius 2 is 1.75 bits per heavy atom. The van der Waals surface area contributed by atoms with Gasteiger partial charge in [-0.25, -0.2) is 15.8 Å². The average Bonchev–Trinajstić information content (AvgIpc) is 2.44. The third-order valence-electron chi connectivity index (χ3n) is 3.41. The number of halogens is 1. The van der Waals surface area contributed by atoms with Crippen molar-refractivity contribution in [3.05, 3.63) is 39.0 Å². The molecule has 106 valence electrons. The molecule has 1 aromatic heterocycles. The molecule has 2 rings (SSSR count). The van der Waals surface area contributed by atoms with Gasteiger partial charge in [0.05, 0.1) is 0 Å². The Labute approximate surface area is 127 Å². The molecular formula is C15H19BrN4. The molecule has 4 nitrogen and oxygen atoms in total. The van der Waals surface area contributed by atoms with Crippen LogP contribution >= 0.6 is 15.9 Å². The third kappa shape index (κ3) is 2.69. The van der Waals surface area contributed by atoms with Crippen molar-refractivity contribution in [3.8, 4) is 11.4 Å². The van der Waals surface area contributed by atoms with Crippen molar-refractivity contribution in [2.45, 2.75) is 34.1 Å². The summed E-state index contributed by atoms with van der Waals surface area (Å²) in [5, 5.41) is 0. The van der Waals surface area contributed by atoms with Gasteiger partial charge in [-0.1, -0.05) is 22.9 Å². The van der Waals surface area contributed by atoms with Crippen molar-refractivity contribution in [2.24, 2.45) is 5.84 Å². The topological polar surface area (TPSA) is 63.8 Å². The number of nitrogens with two attached hydrogens (primary N) is 1. The highest BCUT2D eigenvalue weighted by Gasteiger charge is 2.12. The lowest BCUT2D eigenvalue weighted by molar-refractivity contribution is 0.973. The van der Waals surface area contributed by atoms with Gasteiger partial charge in [-0.15, -0.1) is 0 Å². The van der Waals surface area contributed by atoms with Crippen LogP contribution in [0.5, 0.6) is 0 Å². The smallest absolute Gasteiger partial charge is 0.161 e. The van der Waals surface area contributed by atoms with E-state index in [9.17, 15) is 0 Å². The predicted molar refractivity (Wildman–Crippen MR) is 86.6 cm³/mol. The predicted octanol–water partition coefficient (Wildman–Crippen LogP) is 3.68. The van der Waals surface area contributed by atoms with Crippen molar-refractivity contribution in [1.29, 1.82) is 0 Å². The molecule has 0 saturated carbocycles. The minimum absolute atomic E-state index is 0.685. The monoisotopic (exact) mass is 334 g/mol. The molecule has 20 heavy (non-hydrogen) atoms. The van der Waals surface area contributed by atoms with Gasteiger partial charge in [0, 0.05) is 21.3 Å². The first-order chi connectivity index (χ1) is 9.47. The van der Waals surface area contributed by atoms with Gasteiger partial charge in [0.25, 0.3) is 0 Å². The van der Waals surface area contributed by atoms with Gasteiger partial charge in [-0.2, -0.15) is 0 Å². The van der Waals surface area contributed by atoms with Gasteiger partial charge in [0.15, 0.2) is 5.82 Å². The number of benzene rings is 1. The minimum Gasteiger partial charge on any atom is -0.308 e. The summed E-state index contributed by atoms with van der Waals surface area (Å²) in [5.41, 5.74) is 8.03. The van der Waals surface area contributed by atoms with Crippen LogP contribution in [0.2, 0.25) is 0 Å². The van der Waals surface area contributed by atoms with E-state index >= 15 is 0 Å². The number of nitrogens with zero attached hydrogens (tertiary/aromatic N) is 2. The van der Waals surface area contributed by atoms with Crippen LogP contribution in [0.1, 0.15) is 29.3 Å². The van der Waals surface area contributed by atoms with Gasteiger partial charge < -0.3 is 5.43 Å². The molecule has 0 unspecified atom stereocenters. The van der Waals surface area contributed by atoms with Crippen LogP contribution in [0, 0.1) is 20.8 Å². The van der Waals surface area contributed by atoms with E-state index in [2.05, 4.69) is 64.2 Å². The van der Waals surface area contributed by atoms with Crippen molar-refractivity contribution >= 4 is 21.7 Å². The van der Waals surface area contributed by atoms with Crippen LogP contribution in [0.15, 0.2) is 16.6 Å². The molecule has 0 spiro atoms. The Balaban J connectivity index is 2.63. The number of rotatable bonds is 3. The second kappa shape index (κ2) is 5.89. The SMILES string of the molecule is CCc1nc(-c2cc(C)c(Br)c(C)c2)nc(NN)c1C. The lowest BCUT2D eigenvalue weighted by Crippen LogP contribution is -2.13. The Bertz CT molecular complexity index is 604. The van der Waals surface area contributed by atoms with Gasteiger partial charge in [0.1, 0.15) is 5.82 Å². The van der Waals surface area contributed by atoms with Gasteiger partial charge in [0.2, 0.25) is 0 Å². The van der Waals surface area contributed by atoms with Gasteiger partial charge in [-0.3, -0.25) is 0 Å². The number of aromatic nitrogens is 2. The highest BCUT2D eigenvalue weighted by Crippen LogP contribution is 2.28. The van der Waals surface area contributed by atoms with Crippen LogP contribution in [-0.4, -0.2) is 9.97 Å². The maximum Gasteiger partial charge on any atom is 0.161 e. The van der Waals surface area contributed by atoms with Gasteiger partial charge in [-0.05, 0) is 50.5 Å². The molecule has 0 aliphatic rings. The van der Waals surface area contributed by atoms with Gasteiger partial charge >= 0.3 is 0 Å². The highest BCUT2D eigenvalue weighted by molar-refractivity contribution is 9.10. The number of hydrogen-bond donors (Lipinski definition) is 2. The van der Waals surface area contributed by atoms with Crippen molar-refractivity contribution < 1.29 is 0 Å². The fourth-order valence-electron chi connectivity index (χ4n) is 2.25. The zero-order valence-electron chi connectivity index (χ0n) is 12.2. The van der Waals surface area contributed by atoms with Crippen molar-refractivity contribution in [3.63, 3.8) is 0 Å². The Hall–Kier alpha value is -1.46. The van der Waals surface area contributed by atoms with Crippen LogP contribution in [0.25, 0.3) is 11.4 Å². The Kier molecular flexibility index (Phi) is 4.40. The molecule has 0 fully saturated rings. The number of anilines is 1. The lowest BCUT2D eigenvalue weighted by Gasteiger charge is -2.12. The minimum atomic E-state index is 0.685. The quantitative estimate of drug-likeness (QED) is 0.663. The number of hydrazine groups is 1. The van der Waals surface area contributed by atoms with Crippen LogP contribution < -0.4 is 11.3 Å². The van der Waals surface area contributed by atoms with Crippen LogP contribution in [-0.2, 0) is 6.42 Å². The molecule has 0 atom stereocenters. The second-order valence-corrected chi connectivity index (χ2v) is 5.68. The van der Waals surface area contributed by atoms with Crippen LogP contribution in [0.3, 0.4) is 0 Å². The summed E-state index contributed by atoms with van der Waals surface area (Å²) in [6.45, 7) is 8.20. The summed E-state index contributed by atoms with van der Waals surface area (Å²) in [6.07, 6.45) is 0.852. The maximum absolute atomic E-state index is 5.56. The first kappa shape index (κ1) is 14.9. The zero-order chi connectivity index (χ0) is 14.9. The maximum atomic E-state index is 5.56. The molecule has 1 heterocycles. The van der Waals surface area contributed by atoms with Crippen molar-refractivity contribution in [1.82, 2.24) is 9.97 Å². The Morgan fingerprint density at radius 3 is 2.25 bits per heavy atom. The fourth-order valence-corrected chi connectivity index (χ4v) is 2.48. The van der Waals surface area contributed by atoms with E-state index in [4.69, 9.17) is 5.84 Å². The second-order valence-electron chi connectivity index (χ2n) is 4.89. The number of hydrogen-bond acceptors (Lipinski definition) is 4. The first-order valence-corrected chi connectivity index (χ1v) is 7.38. The molecule has 2 aromatic rings. The van der Waals surface area contributed by atoms with E-state index < -0.39 is 0 Å². The summed E-state index contributed by atoms with van der Waals surface area (Å²) in [4.78, 5) is 9.18. The average molecular weight is 335 g/mol. The molecule has 0 amide bonds. The molecule has 0 aliphatic heterocycles. The molecule has 0 saturated heterocycles. The number of aryl methyl sites for hydroxylation is 3. The van der Waals surface area contributed by atoms with Crippen LogP contribution in [0.4, 0.5) is 5.82 Å². The summed E-state index contributed by atoms with van der Waals surface area (Å²) >= 11 is 3.58. The van der Waals surface area contributed by atoms with E-state index in [0.717, 1.165) is 27.7 Å². The Morgan fingerprint density at radius 1 is 1.15 bits per heavy atom. The van der Waals surface area contributed by atoms with Crippen molar-refractivity contribution in [2.75, 3.05) is 5.43 Å². The molecule has 5 heteroatoms. The van der Waals surface area contributed by atoms with E-state index in [1.54, 1.807) is 0 Å². The van der Waals surface area contributed by atoms with E-state index in [1.807, 2.05) is 6.92 Å². The largest absolute Gasteiger partial charge is 0.308 e. The molecule has 0 bridgehead atoms. The van der Waals surface area contributed by atoms with E-state index in [0.29, 0.717) is 11.6 Å². The normalized spacial score (nSPS) is 10.7. The summed E-state index contributed by atoms with van der Waals surface area (Å²) < 4.78 is 1.13. The van der Waals surface area contributed by atoms with E-state index in [1.165, 1.54) is 11.1 Å². The van der Waals surface area contributed by atoms with E-state index in [-0.39, 0.29) is 0 Å². The summed E-state index contributed by atoms with van der Waals surface area (Å²) in [6, 6.07) is 4.17. The number of nitrogens with one attached hydrogen (secondary N) is 1. The highest BCUT2D eigenvalue weighted by atomic mass is 79.9. The fraction of sp³-hybridized carbons (Fsp3) is 0.333.